The molecular formula is C19H22BrN3O. The number of nitrogens with zero attached hydrogens (tertiary/aromatic N) is 2. The van der Waals surface area contributed by atoms with Crippen molar-refractivity contribution in [1.29, 1.82) is 0 Å². The Kier molecular flexibility index (Phi) is 5.19. The molecule has 0 unspecified atom stereocenters. The van der Waals surface area contributed by atoms with Crippen molar-refractivity contribution in [2.75, 3.05) is 18.4 Å². The second-order valence-corrected chi connectivity index (χ2v) is 7.41. The van der Waals surface area contributed by atoms with Crippen LogP contribution in [0.3, 0.4) is 0 Å². The van der Waals surface area contributed by atoms with E-state index in [2.05, 4.69) is 46.1 Å². The lowest BCUT2D eigenvalue weighted by Crippen LogP contribution is -2.38. The molecule has 1 amide bonds. The summed E-state index contributed by atoms with van der Waals surface area (Å²) in [5.74, 6) is 0.746. The Hall–Kier alpha value is -1.88. The van der Waals surface area contributed by atoms with Gasteiger partial charge in [0.1, 0.15) is 5.69 Å². The molecule has 4 nitrogen and oxygen atoms in total. The Morgan fingerprint density at radius 1 is 1.25 bits per heavy atom. The number of piperidine rings is 1. The van der Waals surface area contributed by atoms with Crippen LogP contribution < -0.4 is 5.32 Å². The highest BCUT2D eigenvalue weighted by Gasteiger charge is 2.22. The van der Waals surface area contributed by atoms with Crippen molar-refractivity contribution < 1.29 is 4.79 Å². The van der Waals surface area contributed by atoms with Gasteiger partial charge in [0.2, 0.25) is 0 Å². The quantitative estimate of drug-likeness (QED) is 0.824. The van der Waals surface area contributed by atoms with Gasteiger partial charge in [-0.3, -0.25) is 4.79 Å². The number of carbonyl (C=O) groups excluding carboxylic acids is 1. The highest BCUT2D eigenvalue weighted by molar-refractivity contribution is 9.10. The van der Waals surface area contributed by atoms with E-state index in [0.717, 1.165) is 47.3 Å². The average Bonchev–Trinajstić information content (AvgIpc) is 2.58. The number of amides is 1. The molecule has 0 bridgehead atoms. The van der Waals surface area contributed by atoms with Crippen LogP contribution in [-0.2, 0) is 0 Å². The van der Waals surface area contributed by atoms with E-state index < -0.39 is 0 Å². The Morgan fingerprint density at radius 2 is 2.00 bits per heavy atom. The third-order valence-corrected chi connectivity index (χ3v) is 5.01. The van der Waals surface area contributed by atoms with Crippen molar-refractivity contribution in [2.45, 2.75) is 26.7 Å². The maximum absolute atomic E-state index is 12.5. The second kappa shape index (κ2) is 7.34. The third-order valence-electron chi connectivity index (χ3n) is 4.52. The highest BCUT2D eigenvalue weighted by atomic mass is 79.9. The second-order valence-electron chi connectivity index (χ2n) is 6.49. The van der Waals surface area contributed by atoms with E-state index >= 15 is 0 Å². The lowest BCUT2D eigenvalue weighted by Gasteiger charge is -2.30. The molecule has 0 saturated carbocycles. The van der Waals surface area contributed by atoms with Crippen LogP contribution in [0.4, 0.5) is 11.4 Å². The summed E-state index contributed by atoms with van der Waals surface area (Å²) in [4.78, 5) is 18.8. The molecule has 126 valence electrons. The predicted molar refractivity (Wildman–Crippen MR) is 101 cm³/mol. The monoisotopic (exact) mass is 387 g/mol. The minimum atomic E-state index is 0.0354. The van der Waals surface area contributed by atoms with Crippen LogP contribution in [0.25, 0.3) is 0 Å². The summed E-state index contributed by atoms with van der Waals surface area (Å²) in [6.07, 6.45) is 3.88. The van der Waals surface area contributed by atoms with Crippen LogP contribution in [0.15, 0.2) is 41.0 Å². The van der Waals surface area contributed by atoms with Gasteiger partial charge in [0, 0.05) is 23.2 Å². The van der Waals surface area contributed by atoms with Gasteiger partial charge in [0.25, 0.3) is 5.91 Å². The zero-order valence-corrected chi connectivity index (χ0v) is 15.6. The molecular weight excluding hydrogens is 366 g/mol. The molecule has 3 rings (SSSR count). The molecule has 1 aliphatic heterocycles. The van der Waals surface area contributed by atoms with Crippen molar-refractivity contribution in [3.63, 3.8) is 0 Å². The third kappa shape index (κ3) is 3.96. The summed E-state index contributed by atoms with van der Waals surface area (Å²) in [6, 6.07) is 9.79. The number of anilines is 2. The fourth-order valence-corrected chi connectivity index (χ4v) is 3.37. The molecule has 5 heteroatoms. The average molecular weight is 388 g/mol. The Balaban J connectivity index is 1.68. The molecule has 0 radical (unpaired) electrons. The first-order valence-corrected chi connectivity index (χ1v) is 9.11. The summed E-state index contributed by atoms with van der Waals surface area (Å²) in [6.45, 7) is 5.96. The number of carbonyl (C=O) groups is 1. The van der Waals surface area contributed by atoms with Gasteiger partial charge in [-0.25, -0.2) is 4.98 Å². The van der Waals surface area contributed by atoms with Crippen LogP contribution in [0, 0.1) is 12.8 Å². The van der Waals surface area contributed by atoms with Gasteiger partial charge >= 0.3 is 0 Å². The smallest absolute Gasteiger partial charge is 0.272 e. The zero-order chi connectivity index (χ0) is 17.1. The SMILES string of the molecule is Cc1cc(Br)ccc1Nc1ccc(C(=O)N2CCC(C)CC2)nc1. The Bertz CT molecular complexity index is 722. The van der Waals surface area contributed by atoms with E-state index in [1.54, 1.807) is 12.3 Å². The minimum absolute atomic E-state index is 0.0354. The van der Waals surface area contributed by atoms with E-state index in [1.165, 1.54) is 0 Å². The summed E-state index contributed by atoms with van der Waals surface area (Å²) in [7, 11) is 0. The molecule has 1 aromatic heterocycles. The van der Waals surface area contributed by atoms with E-state index in [0.29, 0.717) is 11.6 Å². The molecule has 1 saturated heterocycles. The molecule has 1 aromatic carbocycles. The number of aromatic nitrogens is 1. The minimum Gasteiger partial charge on any atom is -0.354 e. The lowest BCUT2D eigenvalue weighted by molar-refractivity contribution is 0.0691. The summed E-state index contributed by atoms with van der Waals surface area (Å²) >= 11 is 3.47. The van der Waals surface area contributed by atoms with E-state index in [4.69, 9.17) is 0 Å². The van der Waals surface area contributed by atoms with Crippen LogP contribution in [0.1, 0.15) is 35.8 Å². The van der Waals surface area contributed by atoms with Gasteiger partial charge in [0.05, 0.1) is 11.9 Å². The fourth-order valence-electron chi connectivity index (χ4n) is 2.89. The van der Waals surface area contributed by atoms with Crippen molar-refractivity contribution in [2.24, 2.45) is 5.92 Å². The van der Waals surface area contributed by atoms with Crippen LogP contribution in [0.2, 0.25) is 0 Å². The van der Waals surface area contributed by atoms with Crippen LogP contribution in [0.5, 0.6) is 0 Å². The maximum atomic E-state index is 12.5. The number of hydrogen-bond donors (Lipinski definition) is 1. The number of likely N-dealkylation sites (tertiary alicyclic amines) is 1. The van der Waals surface area contributed by atoms with E-state index in [1.807, 2.05) is 23.1 Å². The number of rotatable bonds is 3. The van der Waals surface area contributed by atoms with Gasteiger partial charge in [0.15, 0.2) is 0 Å². The fraction of sp³-hybridized carbons (Fsp3) is 0.368. The molecule has 2 heterocycles. The number of benzene rings is 1. The molecule has 0 aliphatic carbocycles. The Labute approximate surface area is 151 Å². The molecule has 0 atom stereocenters. The number of nitrogens with one attached hydrogen (secondary N) is 1. The summed E-state index contributed by atoms with van der Waals surface area (Å²) < 4.78 is 1.06. The molecule has 0 spiro atoms. The number of pyridine rings is 1. The topological polar surface area (TPSA) is 45.2 Å². The number of aryl methyl sites for hydroxylation is 1. The van der Waals surface area contributed by atoms with Gasteiger partial charge in [-0.2, -0.15) is 0 Å². The zero-order valence-electron chi connectivity index (χ0n) is 14.1. The number of hydrogen-bond acceptors (Lipinski definition) is 3. The molecule has 2 aromatic rings. The maximum Gasteiger partial charge on any atom is 0.272 e. The van der Waals surface area contributed by atoms with E-state index in [9.17, 15) is 4.79 Å². The predicted octanol–water partition coefficient (Wildman–Crippen LogP) is 4.77. The largest absolute Gasteiger partial charge is 0.354 e. The first-order valence-electron chi connectivity index (χ1n) is 8.31. The lowest BCUT2D eigenvalue weighted by atomic mass is 9.99. The molecule has 1 fully saturated rings. The van der Waals surface area contributed by atoms with Gasteiger partial charge in [-0.15, -0.1) is 0 Å². The normalized spacial score (nSPS) is 15.4. The Morgan fingerprint density at radius 3 is 2.62 bits per heavy atom. The van der Waals surface area contributed by atoms with Crippen LogP contribution in [-0.4, -0.2) is 28.9 Å². The van der Waals surface area contributed by atoms with Gasteiger partial charge < -0.3 is 10.2 Å². The molecule has 1 aliphatic rings. The molecule has 1 N–H and O–H groups in total. The summed E-state index contributed by atoms with van der Waals surface area (Å²) in [5, 5.41) is 3.34. The van der Waals surface area contributed by atoms with Crippen molar-refractivity contribution in [3.05, 3.63) is 52.3 Å². The van der Waals surface area contributed by atoms with Crippen molar-refractivity contribution in [1.82, 2.24) is 9.88 Å². The first-order chi connectivity index (χ1) is 11.5. The number of halogens is 1. The standard InChI is InChI=1S/C19H22BrN3O/c1-13-7-9-23(10-8-13)19(24)18-6-4-16(12-21-18)22-17-5-3-15(20)11-14(17)2/h3-6,11-13,22H,7-10H2,1-2H3. The summed E-state index contributed by atoms with van der Waals surface area (Å²) in [5.41, 5.74) is 3.57. The van der Waals surface area contributed by atoms with E-state index in [-0.39, 0.29) is 5.91 Å². The van der Waals surface area contributed by atoms with Crippen LogP contribution >= 0.6 is 15.9 Å². The highest BCUT2D eigenvalue weighted by Crippen LogP contribution is 2.24. The van der Waals surface area contributed by atoms with Crippen molar-refractivity contribution >= 4 is 33.2 Å². The van der Waals surface area contributed by atoms with Crippen molar-refractivity contribution in [3.8, 4) is 0 Å². The van der Waals surface area contributed by atoms with Gasteiger partial charge in [-0.1, -0.05) is 22.9 Å². The molecule has 24 heavy (non-hydrogen) atoms. The van der Waals surface area contributed by atoms with Gasteiger partial charge in [-0.05, 0) is 61.6 Å². The first kappa shape index (κ1) is 17.0.